The van der Waals surface area contributed by atoms with Gasteiger partial charge < -0.3 is 15.2 Å². The molecule has 0 bridgehead atoms. The van der Waals surface area contributed by atoms with Gasteiger partial charge in [0.05, 0.1) is 7.11 Å². The van der Waals surface area contributed by atoms with Crippen LogP contribution in [0, 0.1) is 0 Å². The first-order valence-electron chi connectivity index (χ1n) is 5.72. The van der Waals surface area contributed by atoms with Crippen LogP contribution in [0.4, 0.5) is 5.95 Å². The first kappa shape index (κ1) is 14.3. The third kappa shape index (κ3) is 3.45. The molecule has 6 nitrogen and oxygen atoms in total. The van der Waals surface area contributed by atoms with Crippen molar-refractivity contribution in [2.75, 3.05) is 19.0 Å². The number of carboxylic acid groups (broad SMARTS) is 1. The lowest BCUT2D eigenvalue weighted by molar-refractivity contribution is -0.134. The minimum absolute atomic E-state index is 0.223. The summed E-state index contributed by atoms with van der Waals surface area (Å²) in [5.41, 5.74) is 1.63. The molecule has 7 heteroatoms. The van der Waals surface area contributed by atoms with Gasteiger partial charge in [0.2, 0.25) is 5.95 Å². The van der Waals surface area contributed by atoms with Crippen molar-refractivity contribution in [3.8, 4) is 16.9 Å². The lowest BCUT2D eigenvalue weighted by Gasteiger charge is -2.09. The van der Waals surface area contributed by atoms with E-state index in [-0.39, 0.29) is 12.5 Å². The molecule has 104 valence electrons. The molecule has 0 saturated carbocycles. The highest BCUT2D eigenvalue weighted by molar-refractivity contribution is 9.10. The van der Waals surface area contributed by atoms with Crippen LogP contribution in [0.1, 0.15) is 0 Å². The quantitative estimate of drug-likeness (QED) is 0.871. The predicted molar refractivity (Wildman–Crippen MR) is 77.8 cm³/mol. The maximum Gasteiger partial charge on any atom is 0.322 e. The Morgan fingerprint density at radius 1 is 1.40 bits per heavy atom. The highest BCUT2D eigenvalue weighted by Gasteiger charge is 2.08. The van der Waals surface area contributed by atoms with Crippen LogP contribution in [-0.2, 0) is 4.79 Å². The number of rotatable bonds is 5. The number of ether oxygens (including phenoxy) is 1. The van der Waals surface area contributed by atoms with E-state index < -0.39 is 5.97 Å². The summed E-state index contributed by atoms with van der Waals surface area (Å²) in [6.45, 7) is -0.223. The lowest BCUT2D eigenvalue weighted by Crippen LogP contribution is -2.14. The number of carboxylic acids is 1. The molecule has 2 aromatic rings. The molecule has 0 unspecified atom stereocenters. The van der Waals surface area contributed by atoms with Crippen LogP contribution in [0.15, 0.2) is 35.1 Å². The molecule has 1 aromatic heterocycles. The van der Waals surface area contributed by atoms with Gasteiger partial charge in [-0.2, -0.15) is 0 Å². The maximum absolute atomic E-state index is 10.4. The molecule has 2 N–H and O–H groups in total. The highest BCUT2D eigenvalue weighted by atomic mass is 79.9. The summed E-state index contributed by atoms with van der Waals surface area (Å²) in [7, 11) is 1.59. The summed E-state index contributed by atoms with van der Waals surface area (Å²) in [6, 6.07) is 5.63. The van der Waals surface area contributed by atoms with Gasteiger partial charge in [0.25, 0.3) is 0 Å². The van der Waals surface area contributed by atoms with Gasteiger partial charge in [0, 0.05) is 28.0 Å². The van der Waals surface area contributed by atoms with E-state index in [1.54, 1.807) is 19.5 Å². The molecule has 0 aliphatic rings. The summed E-state index contributed by atoms with van der Waals surface area (Å²) in [5.74, 6) is 0.0134. The zero-order valence-electron chi connectivity index (χ0n) is 10.6. The van der Waals surface area contributed by atoms with Crippen molar-refractivity contribution in [3.63, 3.8) is 0 Å². The van der Waals surface area contributed by atoms with E-state index in [1.165, 1.54) is 0 Å². The number of carbonyl (C=O) groups is 1. The first-order valence-corrected chi connectivity index (χ1v) is 6.51. The molecule has 20 heavy (non-hydrogen) atoms. The lowest BCUT2D eigenvalue weighted by atomic mass is 10.1. The minimum Gasteiger partial charge on any atom is -0.496 e. The molecule has 1 aromatic carbocycles. The summed E-state index contributed by atoms with van der Waals surface area (Å²) in [5, 5.41) is 11.2. The van der Waals surface area contributed by atoms with Crippen LogP contribution in [0.5, 0.6) is 5.75 Å². The summed E-state index contributed by atoms with van der Waals surface area (Å²) in [6.07, 6.45) is 3.23. The second kappa shape index (κ2) is 6.33. The first-order chi connectivity index (χ1) is 9.60. The minimum atomic E-state index is -0.966. The number of hydrogen-bond acceptors (Lipinski definition) is 5. The number of nitrogens with one attached hydrogen (secondary N) is 1. The van der Waals surface area contributed by atoms with Crippen molar-refractivity contribution in [1.29, 1.82) is 0 Å². The molecular formula is C13H12BrN3O3. The zero-order chi connectivity index (χ0) is 14.5. The van der Waals surface area contributed by atoms with Crippen LogP contribution in [-0.4, -0.2) is 34.7 Å². The number of anilines is 1. The van der Waals surface area contributed by atoms with Crippen LogP contribution in [0.3, 0.4) is 0 Å². The second-order valence-electron chi connectivity index (χ2n) is 3.89. The summed E-state index contributed by atoms with van der Waals surface area (Å²) < 4.78 is 6.21. The van der Waals surface area contributed by atoms with Crippen LogP contribution in [0.2, 0.25) is 0 Å². The number of methoxy groups -OCH3 is 1. The van der Waals surface area contributed by atoms with E-state index in [2.05, 4.69) is 31.2 Å². The Labute approximate surface area is 124 Å². The van der Waals surface area contributed by atoms with Gasteiger partial charge in [-0.25, -0.2) is 9.97 Å². The third-order valence-corrected chi connectivity index (χ3v) is 3.02. The van der Waals surface area contributed by atoms with Crippen LogP contribution < -0.4 is 10.1 Å². The molecule has 0 amide bonds. The van der Waals surface area contributed by atoms with Crippen LogP contribution >= 0.6 is 15.9 Å². The monoisotopic (exact) mass is 337 g/mol. The van der Waals surface area contributed by atoms with Gasteiger partial charge in [-0.3, -0.25) is 4.79 Å². The summed E-state index contributed by atoms with van der Waals surface area (Å²) >= 11 is 3.40. The molecule has 0 fully saturated rings. The van der Waals surface area contributed by atoms with E-state index >= 15 is 0 Å². The number of nitrogens with zero attached hydrogens (tertiary/aromatic N) is 2. The fraction of sp³-hybridized carbons (Fsp3) is 0.154. The predicted octanol–water partition coefficient (Wildman–Crippen LogP) is 2.41. The van der Waals surface area contributed by atoms with Gasteiger partial charge in [0.1, 0.15) is 12.3 Å². The van der Waals surface area contributed by atoms with Gasteiger partial charge in [-0.15, -0.1) is 0 Å². The van der Waals surface area contributed by atoms with E-state index in [0.29, 0.717) is 5.75 Å². The molecule has 2 rings (SSSR count). The smallest absolute Gasteiger partial charge is 0.322 e. The SMILES string of the molecule is COc1ccc(Br)cc1-c1cnc(NCC(=O)O)nc1. The van der Waals surface area contributed by atoms with E-state index in [0.717, 1.165) is 15.6 Å². The molecular weight excluding hydrogens is 326 g/mol. The Kier molecular flexibility index (Phi) is 4.52. The number of hydrogen-bond donors (Lipinski definition) is 2. The topological polar surface area (TPSA) is 84.3 Å². The second-order valence-corrected chi connectivity index (χ2v) is 4.80. The van der Waals surface area contributed by atoms with Crippen molar-refractivity contribution >= 4 is 27.8 Å². The number of aliphatic carboxylic acids is 1. The van der Waals surface area contributed by atoms with Gasteiger partial charge in [0.15, 0.2) is 0 Å². The molecule has 1 heterocycles. The van der Waals surface area contributed by atoms with Crippen molar-refractivity contribution in [2.24, 2.45) is 0 Å². The Hall–Kier alpha value is -2.15. The average molecular weight is 338 g/mol. The normalized spacial score (nSPS) is 10.1. The molecule has 0 aliphatic carbocycles. The van der Waals surface area contributed by atoms with Gasteiger partial charge in [-0.05, 0) is 18.2 Å². The Morgan fingerprint density at radius 2 is 2.10 bits per heavy atom. The molecule has 0 aliphatic heterocycles. The van der Waals surface area contributed by atoms with E-state index in [9.17, 15) is 4.79 Å². The molecule has 0 radical (unpaired) electrons. The Balaban J connectivity index is 2.25. The van der Waals surface area contributed by atoms with Gasteiger partial charge >= 0.3 is 5.97 Å². The number of aromatic nitrogens is 2. The third-order valence-electron chi connectivity index (χ3n) is 2.52. The maximum atomic E-state index is 10.4. The molecule has 0 atom stereocenters. The van der Waals surface area contributed by atoms with E-state index in [1.807, 2.05) is 18.2 Å². The number of halogens is 1. The molecule has 0 spiro atoms. The van der Waals surface area contributed by atoms with Crippen molar-refractivity contribution in [2.45, 2.75) is 0 Å². The highest BCUT2D eigenvalue weighted by Crippen LogP contribution is 2.31. The summed E-state index contributed by atoms with van der Waals surface area (Å²) in [4.78, 5) is 18.6. The Morgan fingerprint density at radius 3 is 2.70 bits per heavy atom. The Bertz CT molecular complexity index is 617. The fourth-order valence-electron chi connectivity index (χ4n) is 1.62. The zero-order valence-corrected chi connectivity index (χ0v) is 12.2. The average Bonchev–Trinajstić information content (AvgIpc) is 2.45. The van der Waals surface area contributed by atoms with Crippen LogP contribution in [0.25, 0.3) is 11.1 Å². The van der Waals surface area contributed by atoms with Gasteiger partial charge in [-0.1, -0.05) is 15.9 Å². The van der Waals surface area contributed by atoms with Crippen molar-refractivity contribution in [1.82, 2.24) is 9.97 Å². The van der Waals surface area contributed by atoms with Crippen molar-refractivity contribution in [3.05, 3.63) is 35.1 Å². The fourth-order valence-corrected chi connectivity index (χ4v) is 1.98. The molecule has 0 saturated heterocycles. The van der Waals surface area contributed by atoms with E-state index in [4.69, 9.17) is 9.84 Å². The number of benzene rings is 1. The standard InChI is InChI=1S/C13H12BrN3O3/c1-20-11-3-2-9(14)4-10(11)8-5-15-13(16-6-8)17-7-12(18)19/h2-6H,7H2,1H3,(H,18,19)(H,15,16,17). The van der Waals surface area contributed by atoms with Crippen molar-refractivity contribution < 1.29 is 14.6 Å². The largest absolute Gasteiger partial charge is 0.496 e.